The van der Waals surface area contributed by atoms with Crippen LogP contribution in [0.4, 0.5) is 5.69 Å². The van der Waals surface area contributed by atoms with Gasteiger partial charge in [-0.1, -0.05) is 42.5 Å². The van der Waals surface area contributed by atoms with Gasteiger partial charge in [-0.25, -0.2) is 0 Å². The highest BCUT2D eigenvalue weighted by Gasteiger charge is 2.29. The molecule has 162 valence electrons. The van der Waals surface area contributed by atoms with Gasteiger partial charge in [0.15, 0.2) is 5.96 Å². The van der Waals surface area contributed by atoms with E-state index < -0.39 is 0 Å². The first kappa shape index (κ1) is 22.1. The summed E-state index contributed by atoms with van der Waals surface area (Å²) in [4.78, 5) is 6.96. The number of ether oxygens (including phenoxy) is 1. The van der Waals surface area contributed by atoms with Crippen LogP contribution in [-0.2, 0) is 17.8 Å². The van der Waals surface area contributed by atoms with Crippen molar-refractivity contribution in [3.63, 3.8) is 0 Å². The molecule has 0 radical (unpaired) electrons. The second kappa shape index (κ2) is 11.6. The number of nitrogens with zero attached hydrogens (tertiary/aromatic N) is 2. The molecule has 3 N–H and O–H groups in total. The van der Waals surface area contributed by atoms with Crippen molar-refractivity contribution in [3.05, 3.63) is 65.7 Å². The average Bonchev–Trinajstić information content (AvgIpc) is 3.11. The largest absolute Gasteiger partial charge is 0.383 e. The van der Waals surface area contributed by atoms with Gasteiger partial charge in [0.05, 0.1) is 6.61 Å². The van der Waals surface area contributed by atoms with Gasteiger partial charge in [-0.05, 0) is 36.6 Å². The van der Waals surface area contributed by atoms with Gasteiger partial charge in [0.25, 0.3) is 0 Å². The lowest BCUT2D eigenvalue weighted by molar-refractivity contribution is 0.211. The molecule has 0 spiro atoms. The molecule has 2 aromatic rings. The van der Waals surface area contributed by atoms with Crippen LogP contribution in [0.15, 0.2) is 59.6 Å². The maximum atomic E-state index is 5.07. The van der Waals surface area contributed by atoms with Crippen molar-refractivity contribution in [1.29, 1.82) is 0 Å². The number of benzene rings is 2. The molecule has 1 aliphatic rings. The fraction of sp³-hybridized carbons (Fsp3) is 0.458. The maximum Gasteiger partial charge on any atom is 0.191 e. The van der Waals surface area contributed by atoms with E-state index in [1.807, 2.05) is 7.05 Å². The Bertz CT molecular complexity index is 778. The van der Waals surface area contributed by atoms with E-state index in [-0.39, 0.29) is 0 Å². The minimum Gasteiger partial charge on any atom is -0.383 e. The summed E-state index contributed by atoms with van der Waals surface area (Å²) >= 11 is 0. The summed E-state index contributed by atoms with van der Waals surface area (Å²) in [5.74, 6) is 0.857. The predicted octanol–water partition coefficient (Wildman–Crippen LogP) is 3.07. The Labute approximate surface area is 180 Å². The van der Waals surface area contributed by atoms with Crippen LogP contribution < -0.4 is 16.0 Å². The van der Waals surface area contributed by atoms with Crippen LogP contribution in [-0.4, -0.2) is 56.8 Å². The van der Waals surface area contributed by atoms with E-state index in [4.69, 9.17) is 4.74 Å². The molecule has 3 rings (SSSR count). The zero-order valence-corrected chi connectivity index (χ0v) is 18.4. The lowest BCUT2D eigenvalue weighted by atomic mass is 10.2. The Kier molecular flexibility index (Phi) is 8.53. The Hall–Kier alpha value is -2.57. The number of anilines is 1. The fourth-order valence-electron chi connectivity index (χ4n) is 3.85. The van der Waals surface area contributed by atoms with E-state index in [0.29, 0.717) is 18.7 Å². The maximum absolute atomic E-state index is 5.07. The molecular formula is C24H35N5O. The summed E-state index contributed by atoms with van der Waals surface area (Å²) in [5.41, 5.74) is 3.70. The van der Waals surface area contributed by atoms with Gasteiger partial charge in [0, 0.05) is 58.1 Å². The molecule has 1 saturated heterocycles. The molecule has 0 amide bonds. The zero-order chi connectivity index (χ0) is 21.2. The van der Waals surface area contributed by atoms with Gasteiger partial charge in [0.1, 0.15) is 0 Å². The standard InChI is InChI=1S/C24H35N5O/c1-19-15-23(18-29(19)17-21-7-5-4-6-8-21)28-24(25-2)27-16-20-9-11-22(12-10-20)26-13-14-30-3/h4-12,19,23,26H,13-18H2,1-3H3,(H2,25,27,28). The van der Waals surface area contributed by atoms with Crippen molar-refractivity contribution in [2.24, 2.45) is 4.99 Å². The smallest absolute Gasteiger partial charge is 0.191 e. The third-order valence-corrected chi connectivity index (χ3v) is 5.55. The quantitative estimate of drug-likeness (QED) is 0.338. The third-order valence-electron chi connectivity index (χ3n) is 5.55. The molecule has 0 bridgehead atoms. The van der Waals surface area contributed by atoms with Crippen molar-refractivity contribution in [3.8, 4) is 0 Å². The van der Waals surface area contributed by atoms with E-state index in [2.05, 4.69) is 87.4 Å². The van der Waals surface area contributed by atoms with Crippen LogP contribution in [0, 0.1) is 0 Å². The summed E-state index contributed by atoms with van der Waals surface area (Å²) in [6, 6.07) is 20.1. The summed E-state index contributed by atoms with van der Waals surface area (Å²) < 4.78 is 5.07. The average molecular weight is 410 g/mol. The normalized spacial score (nSPS) is 19.6. The van der Waals surface area contributed by atoms with Gasteiger partial charge in [-0.15, -0.1) is 0 Å². The molecule has 1 heterocycles. The number of likely N-dealkylation sites (tertiary alicyclic amines) is 1. The number of nitrogens with one attached hydrogen (secondary N) is 3. The topological polar surface area (TPSA) is 60.9 Å². The van der Waals surface area contributed by atoms with E-state index >= 15 is 0 Å². The van der Waals surface area contributed by atoms with Gasteiger partial charge in [0.2, 0.25) is 0 Å². The SMILES string of the molecule is CN=C(NCc1ccc(NCCOC)cc1)NC1CC(C)N(Cc2ccccc2)C1. The summed E-state index contributed by atoms with van der Waals surface area (Å²) in [6.45, 7) is 6.59. The van der Waals surface area contributed by atoms with Gasteiger partial charge in [-0.3, -0.25) is 9.89 Å². The van der Waals surface area contributed by atoms with Crippen LogP contribution >= 0.6 is 0 Å². The van der Waals surface area contributed by atoms with E-state index in [1.165, 1.54) is 11.1 Å². The van der Waals surface area contributed by atoms with Gasteiger partial charge >= 0.3 is 0 Å². The first-order valence-electron chi connectivity index (χ1n) is 10.7. The van der Waals surface area contributed by atoms with E-state index in [1.54, 1.807) is 7.11 Å². The first-order valence-corrected chi connectivity index (χ1v) is 10.7. The molecule has 2 unspecified atom stereocenters. The highest BCUT2D eigenvalue weighted by Crippen LogP contribution is 2.20. The van der Waals surface area contributed by atoms with Crippen molar-refractivity contribution < 1.29 is 4.74 Å². The molecule has 2 aromatic carbocycles. The second-order valence-corrected chi connectivity index (χ2v) is 7.88. The highest BCUT2D eigenvalue weighted by atomic mass is 16.5. The van der Waals surface area contributed by atoms with Crippen LogP contribution in [0.1, 0.15) is 24.5 Å². The molecule has 6 heteroatoms. The number of hydrogen-bond donors (Lipinski definition) is 3. The van der Waals surface area contributed by atoms with E-state index in [0.717, 1.165) is 44.2 Å². The Morgan fingerprint density at radius 1 is 1.10 bits per heavy atom. The van der Waals surface area contributed by atoms with Crippen LogP contribution in [0.25, 0.3) is 0 Å². The number of rotatable bonds is 9. The molecule has 0 aromatic heterocycles. The van der Waals surface area contributed by atoms with Crippen LogP contribution in [0.3, 0.4) is 0 Å². The van der Waals surface area contributed by atoms with Gasteiger partial charge in [-0.2, -0.15) is 0 Å². The first-order chi connectivity index (χ1) is 14.7. The van der Waals surface area contributed by atoms with Gasteiger partial charge < -0.3 is 20.7 Å². The Morgan fingerprint density at radius 3 is 2.57 bits per heavy atom. The summed E-state index contributed by atoms with van der Waals surface area (Å²) in [6.07, 6.45) is 1.12. The summed E-state index contributed by atoms with van der Waals surface area (Å²) in [5, 5.41) is 10.4. The predicted molar refractivity (Wildman–Crippen MR) is 125 cm³/mol. The monoisotopic (exact) mass is 409 g/mol. The molecular weight excluding hydrogens is 374 g/mol. The molecule has 0 aliphatic carbocycles. The number of aliphatic imine (C=N–C) groups is 1. The number of guanidine groups is 1. The molecule has 2 atom stereocenters. The second-order valence-electron chi connectivity index (χ2n) is 7.88. The molecule has 6 nitrogen and oxygen atoms in total. The summed E-state index contributed by atoms with van der Waals surface area (Å²) in [7, 11) is 3.54. The molecule has 30 heavy (non-hydrogen) atoms. The third kappa shape index (κ3) is 6.75. The molecule has 0 saturated carbocycles. The lowest BCUT2D eigenvalue weighted by Gasteiger charge is -2.21. The van der Waals surface area contributed by atoms with Crippen molar-refractivity contribution in [1.82, 2.24) is 15.5 Å². The number of methoxy groups -OCH3 is 1. The number of hydrogen-bond acceptors (Lipinski definition) is 4. The lowest BCUT2D eigenvalue weighted by Crippen LogP contribution is -2.44. The van der Waals surface area contributed by atoms with Crippen molar-refractivity contribution in [2.75, 3.05) is 39.2 Å². The minimum atomic E-state index is 0.405. The molecule has 1 fully saturated rings. The fourth-order valence-corrected chi connectivity index (χ4v) is 3.85. The Morgan fingerprint density at radius 2 is 1.87 bits per heavy atom. The van der Waals surface area contributed by atoms with E-state index in [9.17, 15) is 0 Å². The van der Waals surface area contributed by atoms with Crippen LogP contribution in [0.2, 0.25) is 0 Å². The van der Waals surface area contributed by atoms with Crippen molar-refractivity contribution >= 4 is 11.6 Å². The van der Waals surface area contributed by atoms with Crippen LogP contribution in [0.5, 0.6) is 0 Å². The Balaban J connectivity index is 1.44. The molecule has 1 aliphatic heterocycles. The van der Waals surface area contributed by atoms with Crippen molar-refractivity contribution in [2.45, 2.75) is 38.5 Å². The minimum absolute atomic E-state index is 0.405. The highest BCUT2D eigenvalue weighted by molar-refractivity contribution is 5.80. The zero-order valence-electron chi connectivity index (χ0n) is 18.4.